The van der Waals surface area contributed by atoms with E-state index in [1.54, 1.807) is 0 Å². The standard InChI is InChI=1S/C48H37NO/c1-47(2)39-21-8-5-16-33(39)36-19-12-23-41(45(36)47)49(42-24-13-20-37-34-17-6-9-22-40(34)48(3,4)46(37)42)32-15-11-14-30(28-32)31-26-27-44-38(29-31)35-18-7-10-25-43(35)50-44/h5-29H,1-4H3. The molecule has 0 unspecified atom stereocenters. The molecule has 50 heavy (non-hydrogen) atoms. The van der Waals surface area contributed by atoms with Crippen LogP contribution in [0.4, 0.5) is 17.1 Å². The fraction of sp³-hybridized carbons (Fsp3) is 0.125. The Kier molecular flexibility index (Phi) is 6.01. The van der Waals surface area contributed by atoms with Gasteiger partial charge in [0.2, 0.25) is 0 Å². The first kappa shape index (κ1) is 29.1. The molecule has 0 amide bonds. The van der Waals surface area contributed by atoms with Crippen LogP contribution in [-0.2, 0) is 10.8 Å². The van der Waals surface area contributed by atoms with Gasteiger partial charge in [-0.25, -0.2) is 0 Å². The molecule has 2 aliphatic carbocycles. The van der Waals surface area contributed by atoms with Crippen molar-refractivity contribution in [2.24, 2.45) is 0 Å². The molecule has 0 saturated carbocycles. The van der Waals surface area contributed by atoms with Gasteiger partial charge in [0.15, 0.2) is 0 Å². The molecular formula is C48H37NO. The Morgan fingerprint density at radius 3 is 1.60 bits per heavy atom. The van der Waals surface area contributed by atoms with Crippen LogP contribution < -0.4 is 4.90 Å². The number of furan rings is 1. The molecule has 10 rings (SSSR count). The Morgan fingerprint density at radius 1 is 0.420 bits per heavy atom. The molecular weight excluding hydrogens is 607 g/mol. The van der Waals surface area contributed by atoms with Gasteiger partial charge in [-0.3, -0.25) is 0 Å². The molecule has 0 atom stereocenters. The highest BCUT2D eigenvalue weighted by atomic mass is 16.3. The van der Waals surface area contributed by atoms with Crippen molar-refractivity contribution in [2.75, 3.05) is 4.90 Å². The molecule has 2 nitrogen and oxygen atoms in total. The third-order valence-electron chi connectivity index (χ3n) is 11.4. The van der Waals surface area contributed by atoms with Crippen molar-refractivity contribution in [1.82, 2.24) is 0 Å². The lowest BCUT2D eigenvalue weighted by molar-refractivity contribution is 0.656. The Bertz CT molecular complexity index is 2560. The van der Waals surface area contributed by atoms with E-state index < -0.39 is 0 Å². The lowest BCUT2D eigenvalue weighted by Crippen LogP contribution is -2.24. The number of rotatable bonds is 4. The number of fused-ring (bicyclic) bond motifs is 9. The summed E-state index contributed by atoms with van der Waals surface area (Å²) in [5, 5.41) is 2.28. The maximum atomic E-state index is 6.19. The zero-order chi connectivity index (χ0) is 33.8. The first-order valence-corrected chi connectivity index (χ1v) is 17.6. The summed E-state index contributed by atoms with van der Waals surface area (Å²) in [5.41, 5.74) is 18.2. The number of para-hydroxylation sites is 1. The van der Waals surface area contributed by atoms with Crippen LogP contribution in [0.25, 0.3) is 55.3 Å². The summed E-state index contributed by atoms with van der Waals surface area (Å²) in [4.78, 5) is 2.55. The van der Waals surface area contributed by atoms with Gasteiger partial charge in [-0.2, -0.15) is 0 Å². The number of hydrogen-bond acceptors (Lipinski definition) is 2. The minimum absolute atomic E-state index is 0.178. The maximum Gasteiger partial charge on any atom is 0.135 e. The van der Waals surface area contributed by atoms with Crippen LogP contribution in [0.2, 0.25) is 0 Å². The predicted octanol–water partition coefficient (Wildman–Crippen LogP) is 13.3. The molecule has 2 aliphatic rings. The molecule has 0 fully saturated rings. The summed E-state index contributed by atoms with van der Waals surface area (Å²) < 4.78 is 6.19. The van der Waals surface area contributed by atoms with Crippen molar-refractivity contribution in [3.8, 4) is 33.4 Å². The molecule has 8 aromatic rings. The highest BCUT2D eigenvalue weighted by molar-refractivity contribution is 6.06. The van der Waals surface area contributed by atoms with E-state index in [1.165, 1.54) is 67.0 Å². The smallest absolute Gasteiger partial charge is 0.135 e. The first-order chi connectivity index (χ1) is 24.3. The average molecular weight is 644 g/mol. The van der Waals surface area contributed by atoms with Crippen LogP contribution in [0.15, 0.2) is 156 Å². The summed E-state index contributed by atoms with van der Waals surface area (Å²) in [6.45, 7) is 9.54. The van der Waals surface area contributed by atoms with Crippen LogP contribution in [0.1, 0.15) is 49.9 Å². The van der Waals surface area contributed by atoms with E-state index in [0.717, 1.165) is 27.6 Å². The van der Waals surface area contributed by atoms with Gasteiger partial charge in [-0.05, 0) is 98.1 Å². The minimum Gasteiger partial charge on any atom is -0.456 e. The van der Waals surface area contributed by atoms with Crippen molar-refractivity contribution in [3.05, 3.63) is 174 Å². The van der Waals surface area contributed by atoms with Gasteiger partial charge < -0.3 is 9.32 Å². The number of anilines is 3. The summed E-state index contributed by atoms with van der Waals surface area (Å²) in [6.07, 6.45) is 0. The third-order valence-corrected chi connectivity index (χ3v) is 11.4. The van der Waals surface area contributed by atoms with Crippen LogP contribution in [-0.4, -0.2) is 0 Å². The van der Waals surface area contributed by atoms with Gasteiger partial charge in [0.05, 0.1) is 11.4 Å². The molecule has 1 aromatic heterocycles. The topological polar surface area (TPSA) is 16.4 Å². The molecule has 1 heterocycles. The fourth-order valence-electron chi connectivity index (χ4n) is 9.15. The average Bonchev–Trinajstić information content (AvgIpc) is 3.72. The second kappa shape index (κ2) is 10.3. The lowest BCUT2D eigenvalue weighted by Gasteiger charge is -2.35. The van der Waals surface area contributed by atoms with E-state index in [0.29, 0.717) is 0 Å². The van der Waals surface area contributed by atoms with Gasteiger partial charge in [0, 0.05) is 27.3 Å². The Hall–Kier alpha value is -5.86. The van der Waals surface area contributed by atoms with Crippen molar-refractivity contribution < 1.29 is 4.42 Å². The van der Waals surface area contributed by atoms with E-state index in [9.17, 15) is 0 Å². The fourth-order valence-corrected chi connectivity index (χ4v) is 9.15. The predicted molar refractivity (Wildman–Crippen MR) is 209 cm³/mol. The van der Waals surface area contributed by atoms with Crippen LogP contribution in [0.3, 0.4) is 0 Å². The van der Waals surface area contributed by atoms with Gasteiger partial charge in [-0.15, -0.1) is 0 Å². The van der Waals surface area contributed by atoms with Crippen LogP contribution in [0, 0.1) is 0 Å². The number of hydrogen-bond donors (Lipinski definition) is 0. The largest absolute Gasteiger partial charge is 0.456 e. The van der Waals surface area contributed by atoms with E-state index in [4.69, 9.17) is 4.42 Å². The molecule has 7 aromatic carbocycles. The highest BCUT2D eigenvalue weighted by Gasteiger charge is 2.42. The van der Waals surface area contributed by atoms with Crippen LogP contribution >= 0.6 is 0 Å². The van der Waals surface area contributed by atoms with Crippen LogP contribution in [0.5, 0.6) is 0 Å². The Labute approximate surface area is 293 Å². The molecule has 240 valence electrons. The lowest BCUT2D eigenvalue weighted by atomic mass is 9.80. The first-order valence-electron chi connectivity index (χ1n) is 17.6. The van der Waals surface area contributed by atoms with E-state index in [1.807, 2.05) is 12.1 Å². The second-order valence-electron chi connectivity index (χ2n) is 14.9. The van der Waals surface area contributed by atoms with Gasteiger partial charge in [0.25, 0.3) is 0 Å². The van der Waals surface area contributed by atoms with Crippen molar-refractivity contribution in [1.29, 1.82) is 0 Å². The minimum atomic E-state index is -0.178. The highest BCUT2D eigenvalue weighted by Crippen LogP contribution is 2.58. The monoisotopic (exact) mass is 643 g/mol. The summed E-state index contributed by atoms with van der Waals surface area (Å²) >= 11 is 0. The second-order valence-corrected chi connectivity index (χ2v) is 14.9. The molecule has 0 aliphatic heterocycles. The van der Waals surface area contributed by atoms with Crippen molar-refractivity contribution in [2.45, 2.75) is 38.5 Å². The Morgan fingerprint density at radius 2 is 0.940 bits per heavy atom. The summed E-state index contributed by atoms with van der Waals surface area (Å²) in [7, 11) is 0. The Balaban J connectivity index is 1.23. The zero-order valence-electron chi connectivity index (χ0n) is 28.8. The molecule has 0 saturated heterocycles. The SMILES string of the molecule is CC1(C)c2ccccc2-c2cccc(N(c3cccc(-c4ccc5oc6ccccc6c5c4)c3)c3cccc4c3C(C)(C)c3ccccc3-4)c21. The van der Waals surface area contributed by atoms with E-state index in [-0.39, 0.29) is 10.8 Å². The molecule has 0 bridgehead atoms. The van der Waals surface area contributed by atoms with E-state index in [2.05, 4.69) is 172 Å². The van der Waals surface area contributed by atoms with Gasteiger partial charge in [0.1, 0.15) is 11.2 Å². The van der Waals surface area contributed by atoms with Crippen molar-refractivity contribution in [3.63, 3.8) is 0 Å². The maximum absolute atomic E-state index is 6.19. The van der Waals surface area contributed by atoms with E-state index >= 15 is 0 Å². The summed E-state index contributed by atoms with van der Waals surface area (Å²) in [5.74, 6) is 0. The van der Waals surface area contributed by atoms with Gasteiger partial charge >= 0.3 is 0 Å². The third kappa shape index (κ3) is 3.96. The van der Waals surface area contributed by atoms with Crippen molar-refractivity contribution >= 4 is 39.0 Å². The number of benzene rings is 7. The molecule has 0 spiro atoms. The summed E-state index contributed by atoms with van der Waals surface area (Å²) in [6, 6.07) is 55.6. The zero-order valence-corrected chi connectivity index (χ0v) is 28.8. The van der Waals surface area contributed by atoms with Gasteiger partial charge in [-0.1, -0.05) is 137 Å². The molecule has 0 radical (unpaired) electrons. The number of nitrogens with zero attached hydrogens (tertiary/aromatic N) is 1. The quantitative estimate of drug-likeness (QED) is 0.190. The molecule has 0 N–H and O–H groups in total. The molecule has 2 heteroatoms. The normalized spacial score (nSPS) is 14.7.